The summed E-state index contributed by atoms with van der Waals surface area (Å²) in [6.07, 6.45) is 1.51. The molecule has 0 aromatic carbocycles. The van der Waals surface area contributed by atoms with Gasteiger partial charge in [0.1, 0.15) is 22.1 Å². The average molecular weight is 382 g/mol. The molecule has 3 aromatic heterocycles. The molecule has 2 amide bonds. The maximum absolute atomic E-state index is 13.1. The van der Waals surface area contributed by atoms with Crippen LogP contribution in [0.4, 0.5) is 9.93 Å². The molecule has 0 fully saturated rings. The largest absolute Gasteiger partial charge is 0.338 e. The van der Waals surface area contributed by atoms with E-state index in [1.54, 1.807) is 22.8 Å². The van der Waals surface area contributed by atoms with E-state index in [1.807, 2.05) is 26.8 Å². The van der Waals surface area contributed by atoms with Gasteiger partial charge in [0.25, 0.3) is 5.56 Å². The molecule has 138 valence electrons. The van der Waals surface area contributed by atoms with Crippen LogP contribution < -0.4 is 16.2 Å². The highest BCUT2D eigenvalue weighted by Gasteiger charge is 2.18. The molecular weight excluding hydrogens is 364 g/mol. The minimum absolute atomic E-state index is 0.0935. The minimum atomic E-state index is -0.341. The summed E-state index contributed by atoms with van der Waals surface area (Å²) in [7, 11) is 0. The number of urea groups is 1. The van der Waals surface area contributed by atoms with E-state index in [1.165, 1.54) is 17.5 Å². The molecule has 0 spiro atoms. The summed E-state index contributed by atoms with van der Waals surface area (Å²) in [5.41, 5.74) is 1.78. The Labute approximate surface area is 159 Å². The molecule has 27 heavy (non-hydrogen) atoms. The SMILES string of the molecule is CCNC(=O)Nc1nc2cc(-c3ccc(C#N)nc3)c(=O)n(C(C)C)c2s1. The Morgan fingerprint density at radius 1 is 1.41 bits per heavy atom. The zero-order valence-electron chi connectivity index (χ0n) is 15.1. The summed E-state index contributed by atoms with van der Waals surface area (Å²) in [5, 5.41) is 14.6. The Hall–Kier alpha value is -3.25. The lowest BCUT2D eigenvalue weighted by molar-refractivity contribution is 0.252. The summed E-state index contributed by atoms with van der Waals surface area (Å²) >= 11 is 1.25. The number of nitrogens with one attached hydrogen (secondary N) is 2. The normalized spacial score (nSPS) is 10.8. The molecule has 0 unspecified atom stereocenters. The van der Waals surface area contributed by atoms with Gasteiger partial charge in [0.15, 0.2) is 5.13 Å². The van der Waals surface area contributed by atoms with Gasteiger partial charge in [0.2, 0.25) is 0 Å². The van der Waals surface area contributed by atoms with Crippen LogP contribution in [-0.2, 0) is 0 Å². The molecule has 9 heteroatoms. The van der Waals surface area contributed by atoms with Crippen LogP contribution in [0.2, 0.25) is 0 Å². The predicted octanol–water partition coefficient (Wildman–Crippen LogP) is 3.11. The molecule has 0 aliphatic heterocycles. The predicted molar refractivity (Wildman–Crippen MR) is 105 cm³/mol. The molecule has 3 heterocycles. The van der Waals surface area contributed by atoms with Gasteiger partial charge < -0.3 is 5.32 Å². The van der Waals surface area contributed by atoms with E-state index in [0.29, 0.717) is 33.2 Å². The highest BCUT2D eigenvalue weighted by atomic mass is 32.1. The van der Waals surface area contributed by atoms with Crippen LogP contribution in [0.5, 0.6) is 0 Å². The van der Waals surface area contributed by atoms with Crippen molar-refractivity contribution in [2.24, 2.45) is 0 Å². The molecule has 2 N–H and O–H groups in total. The van der Waals surface area contributed by atoms with Gasteiger partial charge in [0, 0.05) is 24.3 Å². The number of rotatable bonds is 4. The van der Waals surface area contributed by atoms with Crippen molar-refractivity contribution in [3.8, 4) is 17.2 Å². The number of carbonyl (C=O) groups is 1. The van der Waals surface area contributed by atoms with Gasteiger partial charge in [-0.3, -0.25) is 14.7 Å². The smallest absolute Gasteiger partial charge is 0.321 e. The number of hydrogen-bond donors (Lipinski definition) is 2. The molecule has 0 atom stereocenters. The molecule has 3 aromatic rings. The Kier molecular flexibility index (Phi) is 5.19. The molecule has 0 aliphatic carbocycles. The maximum atomic E-state index is 13.1. The summed E-state index contributed by atoms with van der Waals surface area (Å²) in [5.74, 6) is 0. The van der Waals surface area contributed by atoms with Gasteiger partial charge in [-0.25, -0.2) is 14.8 Å². The number of nitriles is 1. The van der Waals surface area contributed by atoms with Gasteiger partial charge in [-0.15, -0.1) is 0 Å². The van der Waals surface area contributed by atoms with Crippen LogP contribution >= 0.6 is 11.3 Å². The first-order valence-corrected chi connectivity index (χ1v) is 9.23. The first-order chi connectivity index (χ1) is 12.9. The van der Waals surface area contributed by atoms with Crippen LogP contribution in [0.15, 0.2) is 29.2 Å². The fourth-order valence-corrected chi connectivity index (χ4v) is 3.73. The lowest BCUT2D eigenvalue weighted by Crippen LogP contribution is -2.28. The van der Waals surface area contributed by atoms with Crippen molar-refractivity contribution in [3.05, 3.63) is 40.4 Å². The van der Waals surface area contributed by atoms with Gasteiger partial charge in [-0.05, 0) is 39.0 Å². The van der Waals surface area contributed by atoms with E-state index < -0.39 is 0 Å². The van der Waals surface area contributed by atoms with Crippen molar-refractivity contribution in [1.82, 2.24) is 19.9 Å². The standard InChI is InChI=1S/C18H18N6O2S/c1-4-20-17(26)23-18-22-14-7-13(11-5-6-12(8-19)21-9-11)15(25)24(10(2)3)16(14)27-18/h5-7,9-10H,4H2,1-3H3,(H2,20,22,23,26). The van der Waals surface area contributed by atoms with E-state index in [0.717, 1.165) is 0 Å². The molecule has 0 saturated carbocycles. The third kappa shape index (κ3) is 3.66. The molecule has 0 radical (unpaired) electrons. The van der Waals surface area contributed by atoms with Crippen molar-refractivity contribution >= 4 is 32.8 Å². The third-order valence-corrected chi connectivity index (χ3v) is 4.83. The van der Waals surface area contributed by atoms with Crippen molar-refractivity contribution in [1.29, 1.82) is 5.26 Å². The van der Waals surface area contributed by atoms with Gasteiger partial charge >= 0.3 is 6.03 Å². The Morgan fingerprint density at radius 2 is 2.19 bits per heavy atom. The number of thiazole rings is 1. The minimum Gasteiger partial charge on any atom is -0.338 e. The Morgan fingerprint density at radius 3 is 2.78 bits per heavy atom. The van der Waals surface area contributed by atoms with Gasteiger partial charge in [-0.2, -0.15) is 5.26 Å². The van der Waals surface area contributed by atoms with Crippen molar-refractivity contribution < 1.29 is 4.79 Å². The van der Waals surface area contributed by atoms with Crippen molar-refractivity contribution in [3.63, 3.8) is 0 Å². The molecule has 0 saturated heterocycles. The second-order valence-corrected chi connectivity index (χ2v) is 7.04. The zero-order chi connectivity index (χ0) is 19.6. The molecule has 0 bridgehead atoms. The second kappa shape index (κ2) is 7.55. The number of nitrogens with zero attached hydrogens (tertiary/aromatic N) is 4. The quantitative estimate of drug-likeness (QED) is 0.720. The van der Waals surface area contributed by atoms with Crippen molar-refractivity contribution in [2.45, 2.75) is 26.8 Å². The topological polar surface area (TPSA) is 113 Å². The van der Waals surface area contributed by atoms with Crippen LogP contribution in [0.25, 0.3) is 21.5 Å². The second-order valence-electron chi connectivity index (χ2n) is 6.06. The third-order valence-electron chi connectivity index (χ3n) is 3.85. The number of carbonyl (C=O) groups excluding carboxylic acids is 1. The van der Waals surface area contributed by atoms with Gasteiger partial charge in [0.05, 0.1) is 5.56 Å². The first-order valence-electron chi connectivity index (χ1n) is 8.42. The lowest BCUT2D eigenvalue weighted by atomic mass is 10.1. The Bertz CT molecular complexity index is 1090. The number of amides is 2. The fourth-order valence-electron chi connectivity index (χ4n) is 2.66. The van der Waals surface area contributed by atoms with Crippen LogP contribution in [0, 0.1) is 11.3 Å². The molecule has 3 rings (SSSR count). The van der Waals surface area contributed by atoms with E-state index in [4.69, 9.17) is 5.26 Å². The van der Waals surface area contributed by atoms with Crippen LogP contribution in [0.1, 0.15) is 32.5 Å². The van der Waals surface area contributed by atoms with E-state index in [9.17, 15) is 9.59 Å². The fraction of sp³-hybridized carbons (Fsp3) is 0.278. The lowest BCUT2D eigenvalue weighted by Gasteiger charge is -2.13. The number of aromatic nitrogens is 3. The highest BCUT2D eigenvalue weighted by molar-refractivity contribution is 7.22. The van der Waals surface area contributed by atoms with Gasteiger partial charge in [-0.1, -0.05) is 11.3 Å². The number of anilines is 1. The van der Waals surface area contributed by atoms with Crippen molar-refractivity contribution in [2.75, 3.05) is 11.9 Å². The monoisotopic (exact) mass is 382 g/mol. The van der Waals surface area contributed by atoms with Crippen LogP contribution in [-0.4, -0.2) is 27.1 Å². The maximum Gasteiger partial charge on any atom is 0.321 e. The number of fused-ring (bicyclic) bond motifs is 1. The van der Waals surface area contributed by atoms with Crippen LogP contribution in [0.3, 0.4) is 0 Å². The number of pyridine rings is 2. The van der Waals surface area contributed by atoms with E-state index in [-0.39, 0.29) is 23.3 Å². The summed E-state index contributed by atoms with van der Waals surface area (Å²) < 4.78 is 1.66. The zero-order valence-corrected chi connectivity index (χ0v) is 15.9. The van der Waals surface area contributed by atoms with E-state index >= 15 is 0 Å². The number of hydrogen-bond acceptors (Lipinski definition) is 6. The summed E-state index contributed by atoms with van der Waals surface area (Å²) in [4.78, 5) is 34.0. The van der Waals surface area contributed by atoms with E-state index in [2.05, 4.69) is 20.6 Å². The molecule has 8 nitrogen and oxygen atoms in total. The molecule has 0 aliphatic rings. The summed E-state index contributed by atoms with van der Waals surface area (Å²) in [6, 6.07) is 6.48. The first kappa shape index (κ1) is 18.5. The highest BCUT2D eigenvalue weighted by Crippen LogP contribution is 2.29. The molecular formula is C18H18N6O2S. The summed E-state index contributed by atoms with van der Waals surface area (Å²) in [6.45, 7) is 6.16. The average Bonchev–Trinajstić information content (AvgIpc) is 3.02. The Balaban J connectivity index is 2.15.